The molecule has 0 saturated carbocycles. The molecule has 7 nitrogen and oxygen atoms in total. The third-order valence-corrected chi connectivity index (χ3v) is 8.73. The molecule has 4 rings (SSSR count). The Morgan fingerprint density at radius 3 is 2.41 bits per heavy atom. The summed E-state index contributed by atoms with van der Waals surface area (Å²) in [6, 6.07) is 10.2. The van der Waals surface area contributed by atoms with E-state index < -0.39 is 15.0 Å². The minimum Gasteiger partial charge on any atom is -0.372 e. The van der Waals surface area contributed by atoms with Crippen molar-refractivity contribution >= 4 is 60.3 Å². The molecule has 0 spiro atoms. The van der Waals surface area contributed by atoms with E-state index in [2.05, 4.69) is 33.9 Å². The Kier molecular flexibility index (Phi) is 7.76. The minimum absolute atomic E-state index is 0. The van der Waals surface area contributed by atoms with Gasteiger partial charge in [0.2, 0.25) is 0 Å². The van der Waals surface area contributed by atoms with Crippen LogP contribution in [-0.4, -0.2) is 57.8 Å². The number of hydrogen-bond donors (Lipinski definition) is 1. The quantitative estimate of drug-likeness (QED) is 0.560. The van der Waals surface area contributed by atoms with Crippen molar-refractivity contribution in [1.82, 2.24) is 10.3 Å². The third-order valence-electron chi connectivity index (χ3n) is 5.56. The Morgan fingerprint density at radius 2 is 1.78 bits per heavy atom. The Bertz CT molecular complexity index is 1190. The summed E-state index contributed by atoms with van der Waals surface area (Å²) in [7, 11) is -4.14. The molecule has 0 atom stereocenters. The van der Waals surface area contributed by atoms with Gasteiger partial charge in [0, 0.05) is 66.8 Å². The molecule has 1 aliphatic rings. The number of halogens is 1. The first kappa shape index (κ1) is 24.4. The van der Waals surface area contributed by atoms with E-state index in [1.54, 1.807) is 42.6 Å². The summed E-state index contributed by atoms with van der Waals surface area (Å²) in [5.74, 6) is 0.771. The fourth-order valence-electron chi connectivity index (χ4n) is 3.83. The van der Waals surface area contributed by atoms with Crippen molar-refractivity contribution in [2.75, 3.05) is 49.1 Å². The molecule has 2 aromatic heterocycles. The number of benzene rings is 1. The maximum atomic E-state index is 13.1. The number of thiophene rings is 1. The van der Waals surface area contributed by atoms with E-state index in [4.69, 9.17) is 0 Å². The number of fused-ring (bicyclic) bond motifs is 1. The summed E-state index contributed by atoms with van der Waals surface area (Å²) < 4.78 is 27.1. The lowest BCUT2D eigenvalue weighted by molar-refractivity contribution is 0.107. The summed E-state index contributed by atoms with van der Waals surface area (Å²) in [5, 5.41) is 3.21. The first-order valence-corrected chi connectivity index (χ1v) is 12.7. The van der Waals surface area contributed by atoms with Crippen LogP contribution < -0.4 is 15.1 Å². The molecule has 0 radical (unpaired) electrons. The highest BCUT2D eigenvalue weighted by Gasteiger charge is 2.29. The topological polar surface area (TPSA) is 82.6 Å². The molecule has 0 unspecified atom stereocenters. The first-order valence-electron chi connectivity index (χ1n) is 10.4. The highest BCUT2D eigenvalue weighted by molar-refractivity contribution is 8.08. The van der Waals surface area contributed by atoms with Gasteiger partial charge in [0.1, 0.15) is 10.0 Å². The SMILES string of the molecule is CCN(CC)c1ccc(C(=O)S(=O)(=O)c2cc3c(N4CCNCC4)nccc3s2)cc1.Cl. The van der Waals surface area contributed by atoms with Crippen molar-refractivity contribution in [2.45, 2.75) is 18.1 Å². The van der Waals surface area contributed by atoms with E-state index >= 15 is 0 Å². The van der Waals surface area contributed by atoms with Crippen LogP contribution in [0.1, 0.15) is 24.2 Å². The predicted octanol–water partition coefficient (Wildman–Crippen LogP) is 3.59. The molecule has 1 aromatic carbocycles. The summed E-state index contributed by atoms with van der Waals surface area (Å²) in [4.78, 5) is 21.7. The van der Waals surface area contributed by atoms with Gasteiger partial charge in [-0.15, -0.1) is 23.7 Å². The lowest BCUT2D eigenvalue weighted by Crippen LogP contribution is -2.43. The van der Waals surface area contributed by atoms with Gasteiger partial charge in [0.25, 0.3) is 15.0 Å². The maximum Gasteiger partial charge on any atom is 0.282 e. The van der Waals surface area contributed by atoms with E-state index in [0.29, 0.717) is 0 Å². The molecule has 1 fully saturated rings. The number of rotatable bonds is 6. The van der Waals surface area contributed by atoms with Crippen molar-refractivity contribution in [3.8, 4) is 0 Å². The molecule has 0 bridgehead atoms. The van der Waals surface area contributed by atoms with Crippen molar-refractivity contribution in [3.05, 3.63) is 48.2 Å². The van der Waals surface area contributed by atoms with Gasteiger partial charge in [-0.25, -0.2) is 13.4 Å². The number of nitrogens with zero attached hydrogens (tertiary/aromatic N) is 3. The monoisotopic (exact) mass is 494 g/mol. The zero-order valence-corrected chi connectivity index (χ0v) is 20.5. The molecule has 1 aliphatic heterocycles. The summed E-state index contributed by atoms with van der Waals surface area (Å²) in [5.41, 5.74) is 1.14. The zero-order valence-electron chi connectivity index (χ0n) is 18.1. The molecular weight excluding hydrogens is 468 g/mol. The lowest BCUT2D eigenvalue weighted by atomic mass is 10.2. The number of anilines is 2. The molecule has 3 heterocycles. The van der Waals surface area contributed by atoms with Crippen LogP contribution in [0.2, 0.25) is 0 Å². The van der Waals surface area contributed by atoms with Crippen LogP contribution >= 0.6 is 23.7 Å². The van der Waals surface area contributed by atoms with Crippen LogP contribution in [0.4, 0.5) is 11.5 Å². The number of carbonyl (C=O) groups is 1. The minimum atomic E-state index is -4.14. The molecular formula is C22H27ClN4O3S2. The van der Waals surface area contributed by atoms with Gasteiger partial charge in [0.15, 0.2) is 0 Å². The third kappa shape index (κ3) is 4.61. The van der Waals surface area contributed by atoms with Gasteiger partial charge in [-0.2, -0.15) is 0 Å². The number of carbonyl (C=O) groups excluding carboxylic acids is 1. The van der Waals surface area contributed by atoms with Gasteiger partial charge in [-0.1, -0.05) is 0 Å². The summed E-state index contributed by atoms with van der Waals surface area (Å²) in [6.07, 6.45) is 1.69. The van der Waals surface area contributed by atoms with E-state index in [1.165, 1.54) is 0 Å². The number of nitrogens with one attached hydrogen (secondary N) is 1. The average Bonchev–Trinajstić information content (AvgIpc) is 3.26. The van der Waals surface area contributed by atoms with Crippen LogP contribution in [0.5, 0.6) is 0 Å². The highest BCUT2D eigenvalue weighted by Crippen LogP contribution is 2.35. The largest absolute Gasteiger partial charge is 0.372 e. The number of aromatic nitrogens is 1. The Hall–Kier alpha value is -2.20. The van der Waals surface area contributed by atoms with Gasteiger partial charge in [-0.05, 0) is 50.2 Å². The fraction of sp³-hybridized carbons (Fsp3) is 0.364. The highest BCUT2D eigenvalue weighted by atomic mass is 35.5. The second-order valence-corrected chi connectivity index (χ2v) is 10.5. The molecule has 3 aromatic rings. The lowest BCUT2D eigenvalue weighted by Gasteiger charge is -2.28. The van der Waals surface area contributed by atoms with Crippen molar-refractivity contribution in [3.63, 3.8) is 0 Å². The van der Waals surface area contributed by atoms with Crippen molar-refractivity contribution < 1.29 is 13.2 Å². The molecule has 172 valence electrons. The van der Waals surface area contributed by atoms with E-state index in [9.17, 15) is 13.2 Å². The number of piperazine rings is 1. The van der Waals surface area contributed by atoms with E-state index in [-0.39, 0.29) is 22.2 Å². The zero-order chi connectivity index (χ0) is 22.0. The molecule has 1 saturated heterocycles. The molecule has 0 amide bonds. The Morgan fingerprint density at radius 1 is 1.12 bits per heavy atom. The summed E-state index contributed by atoms with van der Waals surface area (Å²) >= 11 is 1.12. The molecule has 10 heteroatoms. The van der Waals surface area contributed by atoms with Crippen molar-refractivity contribution in [1.29, 1.82) is 0 Å². The number of sulfone groups is 1. The van der Waals surface area contributed by atoms with Gasteiger partial charge in [0.05, 0.1) is 0 Å². The Labute approximate surface area is 198 Å². The van der Waals surface area contributed by atoms with Crippen LogP contribution in [0.25, 0.3) is 10.1 Å². The summed E-state index contributed by atoms with van der Waals surface area (Å²) in [6.45, 7) is 9.12. The molecule has 0 aliphatic carbocycles. The van der Waals surface area contributed by atoms with Crippen LogP contribution in [0.3, 0.4) is 0 Å². The van der Waals surface area contributed by atoms with Crippen LogP contribution in [0, 0.1) is 0 Å². The molecule has 32 heavy (non-hydrogen) atoms. The first-order chi connectivity index (χ1) is 15.0. The molecule has 1 N–H and O–H groups in total. The average molecular weight is 495 g/mol. The van der Waals surface area contributed by atoms with Gasteiger partial charge >= 0.3 is 0 Å². The van der Waals surface area contributed by atoms with Crippen LogP contribution in [-0.2, 0) is 9.84 Å². The fourth-order valence-corrected chi connectivity index (χ4v) is 6.45. The number of pyridine rings is 1. The predicted molar refractivity (Wildman–Crippen MR) is 133 cm³/mol. The van der Waals surface area contributed by atoms with Crippen LogP contribution in [0.15, 0.2) is 46.8 Å². The smallest absolute Gasteiger partial charge is 0.282 e. The second-order valence-electron chi connectivity index (χ2n) is 7.36. The van der Waals surface area contributed by atoms with Gasteiger partial charge < -0.3 is 15.1 Å². The van der Waals surface area contributed by atoms with Gasteiger partial charge in [-0.3, -0.25) is 4.79 Å². The second kappa shape index (κ2) is 10.2. The van der Waals surface area contributed by atoms with E-state index in [1.807, 2.05) is 0 Å². The number of hydrogen-bond acceptors (Lipinski definition) is 8. The standard InChI is InChI=1S/C22H26N4O3S2.ClH/c1-3-25(4-2)17-7-5-16(6-8-17)22(27)31(28,29)20-15-18-19(30-20)9-10-24-21(18)26-13-11-23-12-14-26;/h5-10,15,23H,3-4,11-14H2,1-2H3;1H. The maximum absolute atomic E-state index is 13.1. The van der Waals surface area contributed by atoms with E-state index in [0.717, 1.165) is 72.2 Å². The Balaban J connectivity index is 0.00000289. The van der Waals surface area contributed by atoms with Crippen molar-refractivity contribution in [2.24, 2.45) is 0 Å². The normalized spacial score (nSPS) is 14.2.